The molecular formula is C12H15FN2O5S. The topological polar surface area (TPSA) is 101 Å². The Morgan fingerprint density at radius 1 is 1.48 bits per heavy atom. The van der Waals surface area contributed by atoms with E-state index in [4.69, 9.17) is 0 Å². The SMILES string of the molecule is Cc1cc(S(=O)(=O)N2CCC[C@H](O)C2)cc([N+](=O)[O-])c1F. The molecule has 1 heterocycles. The molecule has 0 unspecified atom stereocenters. The Kier molecular flexibility index (Phi) is 4.26. The number of piperidine rings is 1. The summed E-state index contributed by atoms with van der Waals surface area (Å²) in [7, 11) is -3.99. The van der Waals surface area contributed by atoms with Crippen LogP contribution in [0.5, 0.6) is 0 Å². The minimum atomic E-state index is -3.99. The number of nitrogens with zero attached hydrogens (tertiary/aromatic N) is 2. The molecule has 0 aliphatic carbocycles. The van der Waals surface area contributed by atoms with E-state index < -0.39 is 32.6 Å². The van der Waals surface area contributed by atoms with E-state index in [-0.39, 0.29) is 23.5 Å². The highest BCUT2D eigenvalue weighted by Crippen LogP contribution is 2.28. The Hall–Kier alpha value is -1.58. The highest BCUT2D eigenvalue weighted by Gasteiger charge is 2.32. The molecule has 1 saturated heterocycles. The van der Waals surface area contributed by atoms with Crippen LogP contribution in [-0.2, 0) is 10.0 Å². The maximum atomic E-state index is 13.6. The largest absolute Gasteiger partial charge is 0.392 e. The Morgan fingerprint density at radius 3 is 2.71 bits per heavy atom. The second-order valence-corrected chi connectivity index (χ2v) is 6.93. The van der Waals surface area contributed by atoms with Gasteiger partial charge in [0.1, 0.15) is 0 Å². The standard InChI is InChI=1S/C12H15FN2O5S/c1-8-5-10(6-11(12(8)13)15(17)18)21(19,20)14-4-2-3-9(16)7-14/h5-6,9,16H,2-4,7H2,1H3/t9-/m0/s1. The van der Waals surface area contributed by atoms with E-state index in [0.29, 0.717) is 12.8 Å². The van der Waals surface area contributed by atoms with E-state index in [1.807, 2.05) is 0 Å². The fourth-order valence-electron chi connectivity index (χ4n) is 2.29. The summed E-state index contributed by atoms with van der Waals surface area (Å²) in [6.07, 6.45) is 0.252. The van der Waals surface area contributed by atoms with Crippen molar-refractivity contribution in [2.45, 2.75) is 30.8 Å². The zero-order valence-corrected chi connectivity index (χ0v) is 12.1. The summed E-state index contributed by atoms with van der Waals surface area (Å²) in [6.45, 7) is 1.43. The van der Waals surface area contributed by atoms with Crippen molar-refractivity contribution < 1.29 is 22.8 Å². The van der Waals surface area contributed by atoms with Crippen LogP contribution < -0.4 is 0 Å². The van der Waals surface area contributed by atoms with Gasteiger partial charge in [0, 0.05) is 19.2 Å². The third kappa shape index (κ3) is 3.04. The van der Waals surface area contributed by atoms with Crippen molar-refractivity contribution in [2.24, 2.45) is 0 Å². The molecule has 116 valence electrons. The lowest BCUT2D eigenvalue weighted by Gasteiger charge is -2.29. The molecule has 1 aromatic rings. The Bertz CT molecular complexity index is 676. The van der Waals surface area contributed by atoms with Gasteiger partial charge < -0.3 is 5.11 Å². The molecule has 1 N–H and O–H groups in total. The van der Waals surface area contributed by atoms with Crippen LogP contribution in [0.4, 0.5) is 10.1 Å². The van der Waals surface area contributed by atoms with Crippen LogP contribution in [0, 0.1) is 22.9 Å². The first kappa shape index (κ1) is 15.8. The van der Waals surface area contributed by atoms with E-state index in [2.05, 4.69) is 0 Å². The number of benzene rings is 1. The maximum Gasteiger partial charge on any atom is 0.306 e. The van der Waals surface area contributed by atoms with Gasteiger partial charge in [0.2, 0.25) is 15.8 Å². The zero-order valence-electron chi connectivity index (χ0n) is 11.3. The quantitative estimate of drug-likeness (QED) is 0.666. The van der Waals surface area contributed by atoms with E-state index in [1.165, 1.54) is 6.92 Å². The molecule has 0 aromatic heterocycles. The van der Waals surface area contributed by atoms with Crippen molar-refractivity contribution in [3.05, 3.63) is 33.6 Å². The second-order valence-electron chi connectivity index (χ2n) is 4.99. The average Bonchev–Trinajstić information content (AvgIpc) is 2.41. The molecule has 1 atom stereocenters. The van der Waals surface area contributed by atoms with Crippen LogP contribution in [0.3, 0.4) is 0 Å². The normalized spacial score (nSPS) is 20.4. The maximum absolute atomic E-state index is 13.6. The predicted molar refractivity (Wildman–Crippen MR) is 71.8 cm³/mol. The molecular weight excluding hydrogens is 303 g/mol. The average molecular weight is 318 g/mol. The zero-order chi connectivity index (χ0) is 15.8. The first-order valence-corrected chi connectivity index (χ1v) is 7.80. The lowest BCUT2D eigenvalue weighted by atomic mass is 10.1. The Labute approximate surface area is 121 Å². The fourth-order valence-corrected chi connectivity index (χ4v) is 3.91. The third-order valence-corrected chi connectivity index (χ3v) is 5.25. The van der Waals surface area contributed by atoms with Crippen LogP contribution in [0.1, 0.15) is 18.4 Å². The van der Waals surface area contributed by atoms with Crippen molar-refractivity contribution in [1.29, 1.82) is 0 Å². The predicted octanol–water partition coefficient (Wildman–Crippen LogP) is 1.19. The Morgan fingerprint density at radius 2 is 2.14 bits per heavy atom. The van der Waals surface area contributed by atoms with Gasteiger partial charge in [0.25, 0.3) is 0 Å². The number of nitro groups is 1. The van der Waals surface area contributed by atoms with Gasteiger partial charge in [-0.15, -0.1) is 0 Å². The van der Waals surface area contributed by atoms with Gasteiger partial charge in [-0.2, -0.15) is 8.70 Å². The number of aryl methyl sites for hydroxylation is 1. The van der Waals surface area contributed by atoms with Crippen molar-refractivity contribution in [3.63, 3.8) is 0 Å². The molecule has 7 nitrogen and oxygen atoms in total. The highest BCUT2D eigenvalue weighted by molar-refractivity contribution is 7.89. The molecule has 1 aliphatic heterocycles. The summed E-state index contributed by atoms with van der Waals surface area (Å²) in [4.78, 5) is 9.52. The van der Waals surface area contributed by atoms with Crippen molar-refractivity contribution >= 4 is 15.7 Å². The van der Waals surface area contributed by atoms with Crippen LogP contribution in [0.2, 0.25) is 0 Å². The number of sulfonamides is 1. The first-order valence-electron chi connectivity index (χ1n) is 6.36. The van der Waals surface area contributed by atoms with Gasteiger partial charge in [0.15, 0.2) is 0 Å². The monoisotopic (exact) mass is 318 g/mol. The summed E-state index contributed by atoms with van der Waals surface area (Å²) in [5, 5.41) is 20.4. The number of rotatable bonds is 3. The van der Waals surface area contributed by atoms with Crippen LogP contribution >= 0.6 is 0 Å². The highest BCUT2D eigenvalue weighted by atomic mass is 32.2. The molecule has 0 spiro atoms. The summed E-state index contributed by atoms with van der Waals surface area (Å²) in [5.41, 5.74) is -0.980. The number of β-amino-alcohol motifs (C(OH)–C–C–N with tert-alkyl or cyclic N) is 1. The fraction of sp³-hybridized carbons (Fsp3) is 0.500. The van der Waals surface area contributed by atoms with Gasteiger partial charge in [-0.1, -0.05) is 0 Å². The number of aliphatic hydroxyl groups excluding tert-OH is 1. The molecule has 1 aliphatic rings. The summed E-state index contributed by atoms with van der Waals surface area (Å²) in [6, 6.07) is 1.79. The van der Waals surface area contributed by atoms with Crippen LogP contribution in [0.15, 0.2) is 17.0 Å². The van der Waals surface area contributed by atoms with E-state index in [1.54, 1.807) is 0 Å². The number of nitro benzene ring substituents is 1. The van der Waals surface area contributed by atoms with Gasteiger partial charge in [-0.25, -0.2) is 8.42 Å². The molecule has 1 aromatic carbocycles. The van der Waals surface area contributed by atoms with Gasteiger partial charge in [-0.3, -0.25) is 10.1 Å². The Balaban J connectivity index is 2.47. The van der Waals surface area contributed by atoms with Crippen LogP contribution in [0.25, 0.3) is 0 Å². The van der Waals surface area contributed by atoms with Crippen molar-refractivity contribution in [1.82, 2.24) is 4.31 Å². The van der Waals surface area contributed by atoms with Crippen molar-refractivity contribution in [2.75, 3.05) is 13.1 Å². The number of aliphatic hydroxyl groups is 1. The van der Waals surface area contributed by atoms with Crippen molar-refractivity contribution in [3.8, 4) is 0 Å². The number of hydrogen-bond acceptors (Lipinski definition) is 5. The van der Waals surface area contributed by atoms with E-state index in [0.717, 1.165) is 16.4 Å². The minimum absolute atomic E-state index is 0.0629. The summed E-state index contributed by atoms with van der Waals surface area (Å²) in [5.74, 6) is -1.04. The molecule has 0 bridgehead atoms. The summed E-state index contributed by atoms with van der Waals surface area (Å²) >= 11 is 0. The van der Waals surface area contributed by atoms with Crippen LogP contribution in [-0.4, -0.2) is 41.9 Å². The van der Waals surface area contributed by atoms with E-state index in [9.17, 15) is 28.0 Å². The number of halogens is 1. The van der Waals surface area contributed by atoms with Gasteiger partial charge in [0.05, 0.1) is 15.9 Å². The first-order chi connectivity index (χ1) is 9.73. The third-order valence-electron chi connectivity index (χ3n) is 3.40. The molecule has 9 heteroatoms. The lowest BCUT2D eigenvalue weighted by Crippen LogP contribution is -2.42. The van der Waals surface area contributed by atoms with Gasteiger partial charge >= 0.3 is 5.69 Å². The molecule has 21 heavy (non-hydrogen) atoms. The minimum Gasteiger partial charge on any atom is -0.392 e. The lowest BCUT2D eigenvalue weighted by molar-refractivity contribution is -0.387. The molecule has 2 rings (SSSR count). The molecule has 0 amide bonds. The number of hydrogen-bond donors (Lipinski definition) is 1. The van der Waals surface area contributed by atoms with E-state index >= 15 is 0 Å². The molecule has 1 fully saturated rings. The van der Waals surface area contributed by atoms with Gasteiger partial charge in [-0.05, 0) is 31.4 Å². The molecule has 0 saturated carbocycles. The second kappa shape index (κ2) is 5.66. The summed E-state index contributed by atoms with van der Waals surface area (Å²) < 4.78 is 39.6. The smallest absolute Gasteiger partial charge is 0.306 e. The molecule has 0 radical (unpaired) electrons.